The molecule has 2 heterocycles. The van der Waals surface area contributed by atoms with E-state index in [0.29, 0.717) is 32.1 Å². The van der Waals surface area contributed by atoms with Crippen LogP contribution in [-0.4, -0.2) is 99.6 Å². The van der Waals surface area contributed by atoms with Crippen molar-refractivity contribution in [2.75, 3.05) is 6.54 Å². The number of hydrogen-bond acceptors (Lipinski definition) is 7. The Morgan fingerprint density at radius 2 is 1.40 bits per heavy atom. The Balaban J connectivity index is 0.00000104. The van der Waals surface area contributed by atoms with E-state index in [0.717, 1.165) is 16.7 Å². The van der Waals surface area contributed by atoms with E-state index in [1.807, 2.05) is 91.0 Å². The van der Waals surface area contributed by atoms with Crippen LogP contribution in [0.25, 0.3) is 0 Å². The molecule has 0 saturated carbocycles. The number of amides is 4. The van der Waals surface area contributed by atoms with E-state index in [9.17, 15) is 42.3 Å². The van der Waals surface area contributed by atoms with Gasteiger partial charge >= 0.3 is 18.1 Å². The summed E-state index contributed by atoms with van der Waals surface area (Å²) in [4.78, 5) is 81.6. The van der Waals surface area contributed by atoms with E-state index in [4.69, 9.17) is 21.4 Å². The van der Waals surface area contributed by atoms with E-state index < -0.39 is 54.1 Å². The van der Waals surface area contributed by atoms with Crippen LogP contribution in [-0.2, 0) is 48.0 Å². The summed E-state index contributed by atoms with van der Waals surface area (Å²) in [6.45, 7) is 0.212. The second-order valence-electron chi connectivity index (χ2n) is 14.7. The number of nitrogens with one attached hydrogen (secondary N) is 3. The zero-order valence-electron chi connectivity index (χ0n) is 32.7. The van der Waals surface area contributed by atoms with Crippen LogP contribution in [0.15, 0.2) is 96.0 Å². The molecule has 322 valence electrons. The lowest BCUT2D eigenvalue weighted by Crippen LogP contribution is -2.60. The minimum absolute atomic E-state index is 0.0296. The van der Waals surface area contributed by atoms with Gasteiger partial charge in [-0.05, 0) is 67.6 Å². The van der Waals surface area contributed by atoms with Crippen molar-refractivity contribution in [3.05, 3.63) is 108 Å². The van der Waals surface area contributed by atoms with Gasteiger partial charge < -0.3 is 42.5 Å². The average Bonchev–Trinajstić information content (AvgIpc) is 3.56. The van der Waals surface area contributed by atoms with Crippen LogP contribution in [0.4, 0.5) is 13.2 Å². The molecule has 0 spiro atoms. The molecule has 15 nitrogen and oxygen atoms in total. The number of carboxylic acids is 2. The number of guanidine groups is 1. The van der Waals surface area contributed by atoms with E-state index in [1.165, 1.54) is 0 Å². The number of piperidine rings is 1. The van der Waals surface area contributed by atoms with Gasteiger partial charge in [-0.15, -0.1) is 0 Å². The molecule has 9 N–H and O–H groups in total. The van der Waals surface area contributed by atoms with Crippen molar-refractivity contribution >= 4 is 41.5 Å². The first-order valence-corrected chi connectivity index (χ1v) is 19.4. The highest BCUT2D eigenvalue weighted by atomic mass is 19.4. The first-order valence-electron chi connectivity index (χ1n) is 19.4. The van der Waals surface area contributed by atoms with Gasteiger partial charge in [0.1, 0.15) is 18.1 Å². The Morgan fingerprint density at radius 3 is 1.95 bits per heavy atom. The van der Waals surface area contributed by atoms with E-state index in [2.05, 4.69) is 20.9 Å². The van der Waals surface area contributed by atoms with Crippen LogP contribution in [0.3, 0.4) is 0 Å². The van der Waals surface area contributed by atoms with E-state index >= 15 is 0 Å². The molecule has 2 aliphatic heterocycles. The summed E-state index contributed by atoms with van der Waals surface area (Å²) in [6, 6.07) is 24.7. The number of halogens is 3. The number of aliphatic carboxylic acids is 2. The number of nitrogens with zero attached hydrogens (tertiary/aromatic N) is 2. The third-order valence-corrected chi connectivity index (χ3v) is 10.2. The van der Waals surface area contributed by atoms with Crippen molar-refractivity contribution < 1.29 is 52.2 Å². The molecular formula is C42H50F3N7O8. The molecule has 0 radical (unpaired) electrons. The third kappa shape index (κ3) is 14.4. The molecule has 5 rings (SSSR count). The number of nitrogens with two attached hydrogens (primary N) is 2. The van der Waals surface area contributed by atoms with Gasteiger partial charge in [0.2, 0.25) is 23.6 Å². The standard InChI is InChI=1S/C40H49N7O6.C2HF3O2/c41-40(42)43-20-10-17-31(37(51)44-30(25-36(49)50)22-27-13-6-2-7-14-27)46-38(52)34-24-29(21-26-11-4-1-5-12-26)33-19-18-32(39(53)47(33)34)45-35(48)23-28-15-8-3-9-16-28;3-2(4,5)1(6)7/h1-9,11-16,29-34H,10,17-25H2,(H,44,51)(H,45,48)(H,46,52)(H,49,50)(H4,41,42,43);(H,6,7)/t29?,30-,31?,32?,33?,34+;/m1./s1. The fourth-order valence-electron chi connectivity index (χ4n) is 7.50. The third-order valence-electron chi connectivity index (χ3n) is 10.2. The maximum Gasteiger partial charge on any atom is 0.490 e. The Morgan fingerprint density at radius 1 is 0.833 bits per heavy atom. The largest absolute Gasteiger partial charge is 0.490 e. The molecule has 6 atom stereocenters. The summed E-state index contributed by atoms with van der Waals surface area (Å²) in [6.07, 6.45) is -2.42. The van der Waals surface area contributed by atoms with Gasteiger partial charge in [0, 0.05) is 18.6 Å². The minimum Gasteiger partial charge on any atom is -0.481 e. The molecule has 18 heteroatoms. The van der Waals surface area contributed by atoms with Crippen LogP contribution in [0.5, 0.6) is 0 Å². The maximum absolute atomic E-state index is 14.3. The molecule has 60 heavy (non-hydrogen) atoms. The predicted molar refractivity (Wildman–Crippen MR) is 214 cm³/mol. The van der Waals surface area contributed by atoms with Crippen molar-refractivity contribution in [3.8, 4) is 0 Å². The summed E-state index contributed by atoms with van der Waals surface area (Å²) in [5.74, 6) is -5.60. The fraction of sp³-hybridized carbons (Fsp3) is 0.405. The van der Waals surface area contributed by atoms with Gasteiger partial charge in [-0.3, -0.25) is 29.0 Å². The van der Waals surface area contributed by atoms with Gasteiger partial charge in [-0.25, -0.2) is 4.79 Å². The zero-order valence-corrected chi connectivity index (χ0v) is 32.7. The van der Waals surface area contributed by atoms with Crippen LogP contribution in [0.2, 0.25) is 0 Å². The lowest BCUT2D eigenvalue weighted by Gasteiger charge is -2.39. The van der Waals surface area contributed by atoms with Gasteiger partial charge in [0.15, 0.2) is 5.96 Å². The van der Waals surface area contributed by atoms with E-state index in [-0.39, 0.29) is 62.0 Å². The quantitative estimate of drug-likeness (QED) is 0.0595. The number of hydrogen-bond donors (Lipinski definition) is 7. The van der Waals surface area contributed by atoms with Crippen molar-refractivity contribution in [3.63, 3.8) is 0 Å². The summed E-state index contributed by atoms with van der Waals surface area (Å²) in [5, 5.41) is 25.4. The van der Waals surface area contributed by atoms with Crippen LogP contribution >= 0.6 is 0 Å². The second-order valence-corrected chi connectivity index (χ2v) is 14.7. The number of alkyl halides is 3. The van der Waals surface area contributed by atoms with Crippen molar-refractivity contribution in [2.45, 2.75) is 94.2 Å². The van der Waals surface area contributed by atoms with Crippen molar-refractivity contribution in [1.82, 2.24) is 20.9 Å². The molecule has 0 bridgehead atoms. The Labute approximate surface area is 344 Å². The summed E-state index contributed by atoms with van der Waals surface area (Å²) in [5.41, 5.74) is 13.8. The lowest BCUT2D eigenvalue weighted by molar-refractivity contribution is -0.192. The Bertz CT molecular complexity index is 1950. The number of rotatable bonds is 17. The summed E-state index contributed by atoms with van der Waals surface area (Å²) >= 11 is 0. The fourth-order valence-corrected chi connectivity index (χ4v) is 7.50. The number of carboxylic acid groups (broad SMARTS) is 2. The van der Waals surface area contributed by atoms with Crippen LogP contribution in [0.1, 0.15) is 55.2 Å². The zero-order chi connectivity index (χ0) is 43.8. The highest BCUT2D eigenvalue weighted by Gasteiger charge is 2.51. The Kier molecular flexibility index (Phi) is 17.0. The molecule has 3 aromatic carbocycles. The average molecular weight is 838 g/mol. The van der Waals surface area contributed by atoms with Gasteiger partial charge in [-0.1, -0.05) is 91.0 Å². The second kappa shape index (κ2) is 22.1. The summed E-state index contributed by atoms with van der Waals surface area (Å²) < 4.78 is 31.7. The SMILES string of the molecule is NC(N)=NCCCC(NC(=O)[C@@H]1CC(Cc2ccccc2)C2CCC(NC(=O)Cc3ccccc3)C(=O)N21)C(=O)N[C@@H](CC(=O)O)Cc1ccccc1.O=C(O)C(F)(F)F. The number of aliphatic imine (C=N–C) groups is 1. The maximum atomic E-state index is 14.3. The molecule has 4 amide bonds. The van der Waals surface area contributed by atoms with Crippen molar-refractivity contribution in [1.29, 1.82) is 0 Å². The van der Waals surface area contributed by atoms with Crippen LogP contribution < -0.4 is 27.4 Å². The lowest BCUT2D eigenvalue weighted by atomic mass is 9.86. The van der Waals surface area contributed by atoms with Gasteiger partial charge in [0.25, 0.3) is 0 Å². The molecular weight excluding hydrogens is 787 g/mol. The first-order chi connectivity index (χ1) is 28.5. The topological polar surface area (TPSA) is 247 Å². The molecule has 0 aromatic heterocycles. The van der Waals surface area contributed by atoms with Crippen LogP contribution in [0, 0.1) is 5.92 Å². The number of carbonyl (C=O) groups excluding carboxylic acids is 4. The molecule has 2 aliphatic rings. The van der Waals surface area contributed by atoms with Gasteiger partial charge in [-0.2, -0.15) is 13.2 Å². The monoisotopic (exact) mass is 837 g/mol. The molecule has 0 aliphatic carbocycles. The van der Waals surface area contributed by atoms with Crippen molar-refractivity contribution in [2.24, 2.45) is 22.4 Å². The first kappa shape index (κ1) is 46.2. The molecule has 2 fully saturated rings. The molecule has 2 saturated heterocycles. The van der Waals surface area contributed by atoms with E-state index in [1.54, 1.807) is 4.90 Å². The minimum atomic E-state index is -5.08. The number of benzene rings is 3. The number of fused-ring (bicyclic) bond motifs is 1. The summed E-state index contributed by atoms with van der Waals surface area (Å²) in [7, 11) is 0. The predicted octanol–water partition coefficient (Wildman–Crippen LogP) is 2.71. The normalized spacial score (nSPS) is 19.3. The highest BCUT2D eigenvalue weighted by Crippen LogP contribution is 2.39. The molecule has 3 aromatic rings. The van der Waals surface area contributed by atoms with Gasteiger partial charge in [0.05, 0.1) is 12.8 Å². The highest BCUT2D eigenvalue weighted by molar-refractivity contribution is 5.95. The molecule has 4 unspecified atom stereocenters. The number of carbonyl (C=O) groups is 6. The Hall–Kier alpha value is -6.46. The smallest absolute Gasteiger partial charge is 0.481 e.